The zero-order valence-electron chi connectivity index (χ0n) is 16.2. The third-order valence-electron chi connectivity index (χ3n) is 5.20. The van der Waals surface area contributed by atoms with Gasteiger partial charge in [-0.25, -0.2) is 0 Å². The molecule has 1 unspecified atom stereocenters. The number of hydrogen-bond donors (Lipinski definition) is 0. The lowest BCUT2D eigenvalue weighted by molar-refractivity contribution is -0.137. The molecule has 8 heteroatoms. The molecule has 3 heterocycles. The highest BCUT2D eigenvalue weighted by Gasteiger charge is 2.28. The second kappa shape index (κ2) is 10.7. The summed E-state index contributed by atoms with van der Waals surface area (Å²) in [5.41, 5.74) is 0. The molecule has 1 aromatic rings. The number of likely N-dealkylation sites (tertiary alicyclic amines) is 1. The summed E-state index contributed by atoms with van der Waals surface area (Å²) in [7, 11) is 0. The summed E-state index contributed by atoms with van der Waals surface area (Å²) in [6.45, 7) is 7.02. The predicted octanol–water partition coefficient (Wildman–Crippen LogP) is 1.80. The number of hydrogen-bond acceptors (Lipinski definition) is 7. The standard InChI is InChI=1S/C19H31N3O5/c1-2-24-14-18(23)22-8-3-4-16(12-22)19-20-17(21-27-19)7-11-26-13-15-5-9-25-10-6-15/h15-16H,2-14H2,1H3. The quantitative estimate of drug-likeness (QED) is 0.603. The number of piperidine rings is 1. The fraction of sp³-hybridized carbons (Fsp3) is 0.842. The van der Waals surface area contributed by atoms with Crippen LogP contribution in [0.3, 0.4) is 0 Å². The third kappa shape index (κ3) is 6.26. The van der Waals surface area contributed by atoms with Crippen molar-refractivity contribution in [3.63, 3.8) is 0 Å². The lowest BCUT2D eigenvalue weighted by atomic mass is 9.98. The lowest BCUT2D eigenvalue weighted by Crippen LogP contribution is -2.41. The van der Waals surface area contributed by atoms with Gasteiger partial charge in [0.1, 0.15) is 6.61 Å². The molecule has 2 aliphatic heterocycles. The van der Waals surface area contributed by atoms with E-state index in [4.69, 9.17) is 18.7 Å². The van der Waals surface area contributed by atoms with Gasteiger partial charge in [-0.1, -0.05) is 5.16 Å². The minimum absolute atomic E-state index is 0.0304. The Balaban J connectivity index is 1.40. The van der Waals surface area contributed by atoms with Crippen LogP contribution in [0.4, 0.5) is 0 Å². The van der Waals surface area contributed by atoms with Gasteiger partial charge in [0.2, 0.25) is 11.8 Å². The number of carbonyl (C=O) groups is 1. The SMILES string of the molecule is CCOCC(=O)N1CCCC(c2nc(CCOCC3CCOCC3)no2)C1. The number of aromatic nitrogens is 2. The van der Waals surface area contributed by atoms with Crippen LogP contribution in [-0.4, -0.2) is 73.7 Å². The van der Waals surface area contributed by atoms with E-state index in [9.17, 15) is 4.79 Å². The lowest BCUT2D eigenvalue weighted by Gasteiger charge is -2.30. The Morgan fingerprint density at radius 2 is 2.11 bits per heavy atom. The Labute approximate surface area is 160 Å². The minimum Gasteiger partial charge on any atom is -0.381 e. The molecule has 2 fully saturated rings. The van der Waals surface area contributed by atoms with Gasteiger partial charge in [-0.15, -0.1) is 0 Å². The van der Waals surface area contributed by atoms with Crippen molar-refractivity contribution in [1.82, 2.24) is 15.0 Å². The summed E-state index contributed by atoms with van der Waals surface area (Å²) >= 11 is 0. The predicted molar refractivity (Wildman–Crippen MR) is 97.4 cm³/mol. The van der Waals surface area contributed by atoms with Crippen molar-refractivity contribution in [2.75, 3.05) is 52.7 Å². The van der Waals surface area contributed by atoms with Gasteiger partial charge < -0.3 is 23.6 Å². The largest absolute Gasteiger partial charge is 0.381 e. The number of ether oxygens (including phenoxy) is 3. The van der Waals surface area contributed by atoms with E-state index in [0.717, 1.165) is 52.0 Å². The van der Waals surface area contributed by atoms with Crippen LogP contribution in [0.2, 0.25) is 0 Å². The first-order chi connectivity index (χ1) is 13.3. The molecular formula is C19H31N3O5. The smallest absolute Gasteiger partial charge is 0.248 e. The zero-order chi connectivity index (χ0) is 18.9. The van der Waals surface area contributed by atoms with E-state index < -0.39 is 0 Å². The fourth-order valence-electron chi connectivity index (χ4n) is 3.55. The van der Waals surface area contributed by atoms with Crippen LogP contribution in [0.5, 0.6) is 0 Å². The summed E-state index contributed by atoms with van der Waals surface area (Å²) in [6, 6.07) is 0. The highest BCUT2D eigenvalue weighted by Crippen LogP contribution is 2.26. The van der Waals surface area contributed by atoms with Crippen molar-refractivity contribution in [2.45, 2.75) is 44.9 Å². The molecule has 152 valence electrons. The van der Waals surface area contributed by atoms with E-state index in [-0.39, 0.29) is 18.4 Å². The van der Waals surface area contributed by atoms with Crippen LogP contribution in [-0.2, 0) is 25.4 Å². The molecule has 1 atom stereocenters. The van der Waals surface area contributed by atoms with E-state index in [0.29, 0.717) is 43.8 Å². The van der Waals surface area contributed by atoms with Crippen LogP contribution in [0.25, 0.3) is 0 Å². The molecule has 0 N–H and O–H groups in total. The average Bonchev–Trinajstić information content (AvgIpc) is 3.19. The Bertz CT molecular complexity index is 573. The van der Waals surface area contributed by atoms with Crippen LogP contribution < -0.4 is 0 Å². The van der Waals surface area contributed by atoms with Crippen LogP contribution in [0.15, 0.2) is 4.52 Å². The van der Waals surface area contributed by atoms with Gasteiger partial charge in [-0.05, 0) is 38.5 Å². The molecule has 1 aromatic heterocycles. The maximum absolute atomic E-state index is 12.2. The molecule has 2 saturated heterocycles. The molecule has 0 radical (unpaired) electrons. The Morgan fingerprint density at radius 3 is 2.93 bits per heavy atom. The van der Waals surface area contributed by atoms with E-state index in [2.05, 4.69) is 10.1 Å². The van der Waals surface area contributed by atoms with Gasteiger partial charge in [0, 0.05) is 45.9 Å². The van der Waals surface area contributed by atoms with Gasteiger partial charge >= 0.3 is 0 Å². The second-order valence-corrected chi connectivity index (χ2v) is 7.25. The van der Waals surface area contributed by atoms with Crippen molar-refractivity contribution >= 4 is 5.91 Å². The summed E-state index contributed by atoms with van der Waals surface area (Å²) in [5, 5.41) is 4.08. The molecule has 27 heavy (non-hydrogen) atoms. The van der Waals surface area contributed by atoms with Gasteiger partial charge in [-0.3, -0.25) is 4.79 Å². The summed E-state index contributed by atoms with van der Waals surface area (Å²) < 4.78 is 21.8. The van der Waals surface area contributed by atoms with Crippen LogP contribution in [0.1, 0.15) is 50.2 Å². The van der Waals surface area contributed by atoms with E-state index in [1.54, 1.807) is 0 Å². The topological polar surface area (TPSA) is 86.9 Å². The molecule has 3 rings (SSSR count). The fourth-order valence-corrected chi connectivity index (χ4v) is 3.55. The van der Waals surface area contributed by atoms with Crippen LogP contribution in [0, 0.1) is 5.92 Å². The first kappa shape index (κ1) is 20.2. The number of carbonyl (C=O) groups excluding carboxylic acids is 1. The van der Waals surface area contributed by atoms with E-state index in [1.807, 2.05) is 11.8 Å². The Morgan fingerprint density at radius 1 is 1.26 bits per heavy atom. The molecule has 0 aliphatic carbocycles. The van der Waals surface area contributed by atoms with Crippen molar-refractivity contribution in [3.05, 3.63) is 11.7 Å². The monoisotopic (exact) mass is 381 g/mol. The van der Waals surface area contributed by atoms with Gasteiger partial charge in [-0.2, -0.15) is 4.98 Å². The highest BCUT2D eigenvalue weighted by atomic mass is 16.5. The highest BCUT2D eigenvalue weighted by molar-refractivity contribution is 5.77. The van der Waals surface area contributed by atoms with Gasteiger partial charge in [0.25, 0.3) is 0 Å². The summed E-state index contributed by atoms with van der Waals surface area (Å²) in [6.07, 6.45) is 4.69. The number of rotatable bonds is 9. The summed E-state index contributed by atoms with van der Waals surface area (Å²) in [5.74, 6) is 2.04. The first-order valence-corrected chi connectivity index (χ1v) is 10.1. The molecule has 8 nitrogen and oxygen atoms in total. The van der Waals surface area contributed by atoms with Crippen molar-refractivity contribution in [3.8, 4) is 0 Å². The summed E-state index contributed by atoms with van der Waals surface area (Å²) in [4.78, 5) is 18.5. The van der Waals surface area contributed by atoms with Crippen molar-refractivity contribution in [2.24, 2.45) is 5.92 Å². The maximum Gasteiger partial charge on any atom is 0.248 e. The van der Waals surface area contributed by atoms with Gasteiger partial charge in [0.05, 0.1) is 12.5 Å². The number of nitrogens with zero attached hydrogens (tertiary/aromatic N) is 3. The first-order valence-electron chi connectivity index (χ1n) is 10.1. The van der Waals surface area contributed by atoms with E-state index >= 15 is 0 Å². The second-order valence-electron chi connectivity index (χ2n) is 7.25. The maximum atomic E-state index is 12.2. The zero-order valence-corrected chi connectivity index (χ0v) is 16.2. The number of amides is 1. The average molecular weight is 381 g/mol. The minimum atomic E-state index is 0.0304. The van der Waals surface area contributed by atoms with Crippen molar-refractivity contribution in [1.29, 1.82) is 0 Å². The molecule has 2 aliphatic rings. The Kier molecular flexibility index (Phi) is 8.04. The molecule has 0 spiro atoms. The normalized spacial score (nSPS) is 21.5. The van der Waals surface area contributed by atoms with Crippen molar-refractivity contribution < 1.29 is 23.5 Å². The van der Waals surface area contributed by atoms with Gasteiger partial charge in [0.15, 0.2) is 5.82 Å². The molecule has 0 saturated carbocycles. The third-order valence-corrected chi connectivity index (χ3v) is 5.20. The molecule has 0 bridgehead atoms. The molecule has 0 aromatic carbocycles. The van der Waals surface area contributed by atoms with Crippen LogP contribution >= 0.6 is 0 Å². The molecule has 1 amide bonds. The Hall–Kier alpha value is -1.51. The molecular weight excluding hydrogens is 350 g/mol. The van der Waals surface area contributed by atoms with E-state index in [1.165, 1.54) is 0 Å².